The molecule has 3 amide bonds. The van der Waals surface area contributed by atoms with Gasteiger partial charge < -0.3 is 25.4 Å². The molecule has 0 saturated carbocycles. The number of aliphatic hydroxyl groups excluding tert-OH is 1. The summed E-state index contributed by atoms with van der Waals surface area (Å²) >= 11 is 9.92. The van der Waals surface area contributed by atoms with E-state index in [-0.39, 0.29) is 29.2 Å². The van der Waals surface area contributed by atoms with Gasteiger partial charge in [-0.05, 0) is 30.9 Å². The lowest BCUT2D eigenvalue weighted by Crippen LogP contribution is -2.57. The Morgan fingerprint density at radius 1 is 1.32 bits per heavy atom. The quantitative estimate of drug-likeness (QED) is 0.427. The predicted octanol–water partition coefficient (Wildman–Crippen LogP) is 2.57. The van der Waals surface area contributed by atoms with Crippen LogP contribution in [0.25, 0.3) is 0 Å². The van der Waals surface area contributed by atoms with Crippen molar-refractivity contribution in [1.29, 1.82) is 0 Å². The number of nitrogens with one attached hydrogen (secondary N) is 2. The normalized spacial score (nSPS) is 32.7. The number of fused-ring (bicyclic) bond motifs is 1. The van der Waals surface area contributed by atoms with E-state index in [1.54, 1.807) is 24.3 Å². The van der Waals surface area contributed by atoms with E-state index in [0.29, 0.717) is 23.7 Å². The molecule has 3 heterocycles. The molecule has 2 bridgehead atoms. The maximum absolute atomic E-state index is 13.9. The molecule has 1 aromatic carbocycles. The van der Waals surface area contributed by atoms with E-state index in [2.05, 4.69) is 26.6 Å². The van der Waals surface area contributed by atoms with Crippen LogP contribution >= 0.6 is 27.5 Å². The van der Waals surface area contributed by atoms with E-state index >= 15 is 0 Å². The number of hydrogen-bond donors (Lipinski definition) is 3. The monoisotopic (exact) mass is 555 g/mol. The number of carbonyl (C=O) groups excluding carboxylic acids is 3. The Balaban J connectivity index is 1.77. The third kappa shape index (κ3) is 3.94. The molecular formula is C24H31BrClN3O5. The number of carbonyl (C=O) groups is 3. The molecule has 3 unspecified atom stereocenters. The third-order valence-corrected chi connectivity index (χ3v) is 8.45. The largest absolute Gasteiger partial charge is 0.394 e. The fourth-order valence-corrected chi connectivity index (χ4v) is 6.90. The Bertz CT molecular complexity index is 978. The van der Waals surface area contributed by atoms with Gasteiger partial charge >= 0.3 is 0 Å². The number of anilines is 1. The first-order valence-electron chi connectivity index (χ1n) is 11.8. The Morgan fingerprint density at radius 2 is 2.03 bits per heavy atom. The maximum Gasteiger partial charge on any atom is 0.250 e. The lowest BCUT2D eigenvalue weighted by atomic mass is 9.70. The summed E-state index contributed by atoms with van der Waals surface area (Å²) < 4.78 is 6.44. The van der Waals surface area contributed by atoms with Crippen LogP contribution in [0.2, 0.25) is 5.02 Å². The first-order chi connectivity index (χ1) is 16.2. The van der Waals surface area contributed by atoms with Crippen molar-refractivity contribution in [1.82, 2.24) is 10.2 Å². The van der Waals surface area contributed by atoms with Crippen LogP contribution in [0.1, 0.15) is 33.6 Å². The van der Waals surface area contributed by atoms with Crippen LogP contribution in [0.4, 0.5) is 5.69 Å². The highest BCUT2D eigenvalue weighted by Crippen LogP contribution is 2.60. The predicted molar refractivity (Wildman–Crippen MR) is 132 cm³/mol. The SMILES string of the molecule is CCCNC(=O)[C@H]1[C@@H]2OC3(CC2Br)C(C(=O)Nc2ccccc2Cl)N([C@@H](CO)C(C)C)C(=O)[C@H]13. The molecule has 3 aliphatic rings. The number of hydrogen-bond acceptors (Lipinski definition) is 5. The molecule has 10 heteroatoms. The Kier molecular flexibility index (Phi) is 7.29. The summed E-state index contributed by atoms with van der Waals surface area (Å²) in [5, 5.41) is 16.3. The van der Waals surface area contributed by atoms with Gasteiger partial charge in [0.25, 0.3) is 0 Å². The molecular weight excluding hydrogens is 526 g/mol. The summed E-state index contributed by atoms with van der Waals surface area (Å²) in [6.45, 7) is 5.92. The number of rotatable bonds is 8. The number of alkyl halides is 1. The number of para-hydroxylation sites is 1. The number of ether oxygens (including phenoxy) is 1. The second-order valence-corrected chi connectivity index (χ2v) is 11.2. The van der Waals surface area contributed by atoms with E-state index in [1.165, 1.54) is 4.90 Å². The van der Waals surface area contributed by atoms with E-state index in [0.717, 1.165) is 6.42 Å². The average molecular weight is 557 g/mol. The summed E-state index contributed by atoms with van der Waals surface area (Å²) in [4.78, 5) is 42.2. The molecule has 4 rings (SSSR count). The van der Waals surface area contributed by atoms with Crippen LogP contribution in [0.15, 0.2) is 24.3 Å². The molecule has 1 spiro atoms. The zero-order valence-corrected chi connectivity index (χ0v) is 21.8. The van der Waals surface area contributed by atoms with E-state index in [9.17, 15) is 19.5 Å². The fraction of sp³-hybridized carbons (Fsp3) is 0.625. The van der Waals surface area contributed by atoms with Gasteiger partial charge in [-0.1, -0.05) is 60.4 Å². The Labute approximate surface area is 212 Å². The smallest absolute Gasteiger partial charge is 0.250 e. The first kappa shape index (κ1) is 25.4. The van der Waals surface area contributed by atoms with E-state index in [4.69, 9.17) is 16.3 Å². The highest BCUT2D eigenvalue weighted by Gasteiger charge is 2.77. The first-order valence-corrected chi connectivity index (χ1v) is 13.0. The van der Waals surface area contributed by atoms with Gasteiger partial charge in [0.15, 0.2) is 0 Å². The van der Waals surface area contributed by atoms with Gasteiger partial charge in [-0.3, -0.25) is 14.4 Å². The van der Waals surface area contributed by atoms with Gasteiger partial charge in [0, 0.05) is 11.4 Å². The molecule has 7 atom stereocenters. The number of benzene rings is 1. The molecule has 34 heavy (non-hydrogen) atoms. The standard InChI is InChI=1S/C24H31BrClN3O5/c1-4-9-27-21(31)17-18-23(33)29(16(11-30)12(2)3)20(24(18)10-13(25)19(17)34-24)22(32)28-15-8-6-5-7-14(15)26/h5-8,12-13,16-20,30H,4,9-11H2,1-3H3,(H,27,31)(H,28,32)/t13?,16-,17+,18-,19+,20?,24?/m0/s1. The van der Waals surface area contributed by atoms with E-state index < -0.39 is 41.5 Å². The molecule has 8 nitrogen and oxygen atoms in total. The van der Waals surface area contributed by atoms with Crippen molar-refractivity contribution in [3.63, 3.8) is 0 Å². The lowest BCUT2D eigenvalue weighted by Gasteiger charge is -2.38. The molecule has 3 saturated heterocycles. The van der Waals surface area contributed by atoms with Gasteiger partial charge in [-0.2, -0.15) is 0 Å². The minimum atomic E-state index is -1.18. The number of likely N-dealkylation sites (tertiary alicyclic amines) is 1. The molecule has 0 aromatic heterocycles. The molecule has 0 radical (unpaired) electrons. The summed E-state index contributed by atoms with van der Waals surface area (Å²) in [5.41, 5.74) is -0.760. The number of amides is 3. The average Bonchev–Trinajstić information content (AvgIpc) is 3.38. The molecule has 1 aromatic rings. The van der Waals surface area contributed by atoms with Crippen molar-refractivity contribution in [2.24, 2.45) is 17.8 Å². The van der Waals surface area contributed by atoms with Crippen LogP contribution < -0.4 is 10.6 Å². The van der Waals surface area contributed by atoms with Crippen molar-refractivity contribution < 1.29 is 24.2 Å². The summed E-state index contributed by atoms with van der Waals surface area (Å²) in [5.74, 6) is -2.66. The van der Waals surface area contributed by atoms with Crippen LogP contribution in [-0.4, -0.2) is 69.5 Å². The van der Waals surface area contributed by atoms with E-state index in [1.807, 2.05) is 20.8 Å². The molecule has 186 valence electrons. The van der Waals surface area contributed by atoms with Crippen molar-refractivity contribution in [3.05, 3.63) is 29.3 Å². The van der Waals surface area contributed by atoms with Gasteiger partial charge in [-0.15, -0.1) is 0 Å². The Hall–Kier alpha value is -1.68. The fourth-order valence-electron chi connectivity index (χ4n) is 5.77. The zero-order valence-electron chi connectivity index (χ0n) is 19.5. The Morgan fingerprint density at radius 3 is 2.65 bits per heavy atom. The second kappa shape index (κ2) is 9.76. The highest BCUT2D eigenvalue weighted by atomic mass is 79.9. The number of nitrogens with zero attached hydrogens (tertiary/aromatic N) is 1. The summed E-state index contributed by atoms with van der Waals surface area (Å²) in [6.07, 6.45) is 0.648. The summed E-state index contributed by atoms with van der Waals surface area (Å²) in [7, 11) is 0. The molecule has 0 aliphatic carbocycles. The van der Waals surface area contributed by atoms with Crippen LogP contribution in [0.3, 0.4) is 0 Å². The third-order valence-electron chi connectivity index (χ3n) is 7.27. The van der Waals surface area contributed by atoms with Gasteiger partial charge in [0.2, 0.25) is 17.7 Å². The van der Waals surface area contributed by atoms with Crippen LogP contribution in [-0.2, 0) is 19.1 Å². The van der Waals surface area contributed by atoms with Crippen LogP contribution in [0.5, 0.6) is 0 Å². The summed E-state index contributed by atoms with van der Waals surface area (Å²) in [6, 6.07) is 5.24. The second-order valence-electron chi connectivity index (χ2n) is 9.66. The molecule has 3 N–H and O–H groups in total. The maximum atomic E-state index is 13.9. The molecule has 3 aliphatic heterocycles. The van der Waals surface area contributed by atoms with Gasteiger partial charge in [0.05, 0.1) is 41.3 Å². The minimum Gasteiger partial charge on any atom is -0.394 e. The molecule has 3 fully saturated rings. The zero-order chi connectivity index (χ0) is 24.8. The lowest BCUT2D eigenvalue weighted by molar-refractivity contribution is -0.145. The van der Waals surface area contributed by atoms with Crippen molar-refractivity contribution in [2.45, 2.75) is 62.2 Å². The number of halogens is 2. The van der Waals surface area contributed by atoms with Gasteiger partial charge in [-0.25, -0.2) is 0 Å². The van der Waals surface area contributed by atoms with Crippen molar-refractivity contribution in [2.75, 3.05) is 18.5 Å². The topological polar surface area (TPSA) is 108 Å². The highest BCUT2D eigenvalue weighted by molar-refractivity contribution is 9.09. The van der Waals surface area contributed by atoms with Crippen LogP contribution in [0, 0.1) is 17.8 Å². The number of aliphatic hydroxyl groups is 1. The minimum absolute atomic E-state index is 0.121. The van der Waals surface area contributed by atoms with Crippen molar-refractivity contribution in [3.8, 4) is 0 Å². The van der Waals surface area contributed by atoms with Gasteiger partial charge in [0.1, 0.15) is 11.6 Å². The van der Waals surface area contributed by atoms with Crippen molar-refractivity contribution >= 4 is 50.9 Å².